The van der Waals surface area contributed by atoms with Crippen LogP contribution >= 0.6 is 0 Å². The first-order chi connectivity index (χ1) is 15.6. The molecule has 3 rings (SSSR count). The summed E-state index contributed by atoms with van der Waals surface area (Å²) in [5.41, 5.74) is -0.133. The number of amides is 2. The zero-order chi connectivity index (χ0) is 24.1. The Morgan fingerprint density at radius 3 is 2.27 bits per heavy atom. The first-order valence-corrected chi connectivity index (χ1v) is 13.4. The molecule has 2 saturated heterocycles. The third kappa shape index (κ3) is 7.17. The third-order valence-electron chi connectivity index (χ3n) is 6.12. The molecule has 33 heavy (non-hydrogen) atoms. The summed E-state index contributed by atoms with van der Waals surface area (Å²) in [5, 5.41) is 2.81. The van der Waals surface area contributed by atoms with Crippen molar-refractivity contribution in [3.05, 3.63) is 29.8 Å². The molecule has 0 radical (unpaired) electrons. The minimum Gasteiger partial charge on any atom is -0.444 e. The number of nitrogens with zero attached hydrogens (tertiary/aromatic N) is 2. The Labute approximate surface area is 197 Å². The first kappa shape index (κ1) is 25.5. The lowest BCUT2D eigenvalue weighted by Gasteiger charge is -2.32. The molecule has 2 amide bonds. The van der Waals surface area contributed by atoms with Gasteiger partial charge in [0.25, 0.3) is 5.91 Å². The van der Waals surface area contributed by atoms with Crippen molar-refractivity contribution >= 4 is 22.0 Å². The van der Waals surface area contributed by atoms with Gasteiger partial charge in [-0.3, -0.25) is 4.79 Å². The summed E-state index contributed by atoms with van der Waals surface area (Å²) in [6, 6.07) is 6.42. The number of benzene rings is 1. The number of likely N-dealkylation sites (tertiary alicyclic amines) is 1. The number of sulfonamides is 1. The van der Waals surface area contributed by atoms with E-state index in [2.05, 4.69) is 5.32 Å². The molecule has 2 heterocycles. The molecule has 0 aromatic heterocycles. The smallest absolute Gasteiger partial charge is 0.407 e. The van der Waals surface area contributed by atoms with Crippen LogP contribution in [0, 0.1) is 5.92 Å². The van der Waals surface area contributed by atoms with Gasteiger partial charge in [0.05, 0.1) is 4.90 Å². The Bertz CT molecular complexity index is 926. The number of carbonyl (C=O) groups excluding carboxylic acids is 2. The van der Waals surface area contributed by atoms with Crippen LogP contribution in [0.2, 0.25) is 0 Å². The van der Waals surface area contributed by atoms with Crippen molar-refractivity contribution in [2.75, 3.05) is 32.7 Å². The molecule has 9 heteroatoms. The number of piperidine rings is 1. The van der Waals surface area contributed by atoms with Gasteiger partial charge < -0.3 is 15.0 Å². The molecule has 1 aromatic carbocycles. The summed E-state index contributed by atoms with van der Waals surface area (Å²) < 4.78 is 33.0. The van der Waals surface area contributed by atoms with Crippen molar-refractivity contribution in [2.45, 2.75) is 69.8 Å². The maximum atomic E-state index is 13.1. The van der Waals surface area contributed by atoms with Crippen molar-refractivity contribution in [1.29, 1.82) is 0 Å². The number of hydrogen-bond acceptors (Lipinski definition) is 5. The molecule has 0 saturated carbocycles. The predicted octanol–water partition coefficient (Wildman–Crippen LogP) is 3.63. The number of carbonyl (C=O) groups is 2. The summed E-state index contributed by atoms with van der Waals surface area (Å²) in [7, 11) is -3.60. The standard InChI is InChI=1S/C24H37N3O5S/c1-24(2,3)32-23(29)25-18-19-11-15-26(16-12-19)22(28)20-9-8-10-21(17-20)33(30,31)27-13-6-4-5-7-14-27/h8-10,17,19H,4-7,11-16,18H2,1-3H3,(H,25,29). The van der Waals surface area contributed by atoms with Crippen LogP contribution in [-0.4, -0.2) is 67.9 Å². The second kappa shape index (κ2) is 10.9. The number of hydrogen-bond donors (Lipinski definition) is 1. The zero-order valence-corrected chi connectivity index (χ0v) is 20.8. The van der Waals surface area contributed by atoms with E-state index in [-0.39, 0.29) is 16.7 Å². The van der Waals surface area contributed by atoms with Crippen molar-refractivity contribution in [2.24, 2.45) is 5.92 Å². The topological polar surface area (TPSA) is 96.0 Å². The Kier molecular flexibility index (Phi) is 8.39. The Morgan fingerprint density at radius 2 is 1.67 bits per heavy atom. The fourth-order valence-corrected chi connectivity index (χ4v) is 5.85. The van der Waals surface area contributed by atoms with Crippen LogP contribution in [0.25, 0.3) is 0 Å². The summed E-state index contributed by atoms with van der Waals surface area (Å²) in [6.07, 6.45) is 4.95. The van der Waals surface area contributed by atoms with E-state index in [9.17, 15) is 18.0 Å². The van der Waals surface area contributed by atoms with Crippen LogP contribution in [0.4, 0.5) is 4.79 Å². The molecule has 0 spiro atoms. The Morgan fingerprint density at radius 1 is 1.03 bits per heavy atom. The van der Waals surface area contributed by atoms with E-state index in [1.807, 2.05) is 20.8 Å². The molecule has 0 bridgehead atoms. The van der Waals surface area contributed by atoms with E-state index in [1.165, 1.54) is 6.07 Å². The monoisotopic (exact) mass is 479 g/mol. The maximum Gasteiger partial charge on any atom is 0.407 e. The lowest BCUT2D eigenvalue weighted by molar-refractivity contribution is 0.0500. The van der Waals surface area contributed by atoms with Crippen molar-refractivity contribution in [3.63, 3.8) is 0 Å². The highest BCUT2D eigenvalue weighted by atomic mass is 32.2. The molecule has 0 aliphatic carbocycles. The number of ether oxygens (including phenoxy) is 1. The number of alkyl carbamates (subject to hydrolysis) is 1. The minimum atomic E-state index is -3.60. The molecule has 0 atom stereocenters. The molecule has 1 aromatic rings. The average molecular weight is 480 g/mol. The van der Waals surface area contributed by atoms with E-state index in [0.717, 1.165) is 38.5 Å². The highest BCUT2D eigenvalue weighted by Gasteiger charge is 2.28. The van der Waals surface area contributed by atoms with Gasteiger partial charge in [0.2, 0.25) is 10.0 Å². The zero-order valence-electron chi connectivity index (χ0n) is 20.0. The van der Waals surface area contributed by atoms with Crippen molar-refractivity contribution in [1.82, 2.24) is 14.5 Å². The van der Waals surface area contributed by atoms with Gasteiger partial charge in [-0.25, -0.2) is 13.2 Å². The van der Waals surface area contributed by atoms with Crippen LogP contribution < -0.4 is 5.32 Å². The van der Waals surface area contributed by atoms with Crippen molar-refractivity contribution in [3.8, 4) is 0 Å². The molecule has 1 N–H and O–H groups in total. The van der Waals surface area contributed by atoms with Gasteiger partial charge in [0.1, 0.15) is 5.60 Å². The molecule has 184 valence electrons. The molecular weight excluding hydrogens is 442 g/mol. The van der Waals surface area contributed by atoms with E-state index in [4.69, 9.17) is 4.74 Å². The van der Waals surface area contributed by atoms with Gasteiger partial charge in [0, 0.05) is 38.3 Å². The minimum absolute atomic E-state index is 0.151. The van der Waals surface area contributed by atoms with Gasteiger partial charge in [-0.05, 0) is 70.6 Å². The maximum absolute atomic E-state index is 13.1. The third-order valence-corrected chi connectivity index (χ3v) is 8.01. The first-order valence-electron chi connectivity index (χ1n) is 11.9. The second-order valence-electron chi connectivity index (χ2n) is 9.96. The molecule has 2 aliphatic heterocycles. The summed E-state index contributed by atoms with van der Waals surface area (Å²) >= 11 is 0. The number of rotatable bonds is 5. The van der Waals surface area contributed by atoms with Crippen LogP contribution in [0.15, 0.2) is 29.2 Å². The second-order valence-corrected chi connectivity index (χ2v) is 11.9. The van der Waals surface area contributed by atoms with Crippen LogP contribution in [-0.2, 0) is 14.8 Å². The van der Waals surface area contributed by atoms with E-state index < -0.39 is 21.7 Å². The summed E-state index contributed by atoms with van der Waals surface area (Å²) in [6.45, 7) is 8.20. The SMILES string of the molecule is CC(C)(C)OC(=O)NCC1CCN(C(=O)c2cccc(S(=O)(=O)N3CCCCCC3)c2)CC1. The van der Waals surface area contributed by atoms with Crippen LogP contribution in [0.1, 0.15) is 69.7 Å². The lowest BCUT2D eigenvalue weighted by atomic mass is 9.96. The van der Waals surface area contributed by atoms with Gasteiger partial charge in [-0.2, -0.15) is 4.31 Å². The fraction of sp³-hybridized carbons (Fsp3) is 0.667. The largest absolute Gasteiger partial charge is 0.444 e. The van der Waals surface area contributed by atoms with Crippen LogP contribution in [0.3, 0.4) is 0 Å². The molecule has 2 fully saturated rings. The average Bonchev–Trinajstić information content (AvgIpc) is 3.07. The highest BCUT2D eigenvalue weighted by Crippen LogP contribution is 2.23. The quantitative estimate of drug-likeness (QED) is 0.696. The predicted molar refractivity (Wildman–Crippen MR) is 127 cm³/mol. The van der Waals surface area contributed by atoms with Gasteiger partial charge >= 0.3 is 6.09 Å². The Hall–Kier alpha value is -2.13. The van der Waals surface area contributed by atoms with Gasteiger partial charge in [0.15, 0.2) is 0 Å². The van der Waals surface area contributed by atoms with Crippen LogP contribution in [0.5, 0.6) is 0 Å². The molecule has 0 unspecified atom stereocenters. The summed E-state index contributed by atoms with van der Waals surface area (Å²) in [4.78, 5) is 26.9. The van der Waals surface area contributed by atoms with E-state index in [1.54, 1.807) is 27.4 Å². The number of nitrogens with one attached hydrogen (secondary N) is 1. The molecular formula is C24H37N3O5S. The van der Waals surface area contributed by atoms with E-state index >= 15 is 0 Å². The lowest BCUT2D eigenvalue weighted by Crippen LogP contribution is -2.42. The highest BCUT2D eigenvalue weighted by molar-refractivity contribution is 7.89. The normalized spacial score (nSPS) is 19.1. The Balaban J connectivity index is 1.56. The molecule has 2 aliphatic rings. The fourth-order valence-electron chi connectivity index (χ4n) is 4.29. The van der Waals surface area contributed by atoms with E-state index in [0.29, 0.717) is 38.3 Å². The van der Waals surface area contributed by atoms with Gasteiger partial charge in [-0.1, -0.05) is 18.9 Å². The molecule has 8 nitrogen and oxygen atoms in total. The summed E-state index contributed by atoms with van der Waals surface area (Å²) in [5.74, 6) is 0.123. The van der Waals surface area contributed by atoms with Gasteiger partial charge in [-0.15, -0.1) is 0 Å². The van der Waals surface area contributed by atoms with Crippen molar-refractivity contribution < 1.29 is 22.7 Å².